The molecule has 0 aliphatic rings. The Morgan fingerprint density at radius 3 is 2.68 bits per heavy atom. The van der Waals surface area contributed by atoms with Crippen LogP contribution in [0.2, 0.25) is 0 Å². The molecule has 172 valence electrons. The van der Waals surface area contributed by atoms with Crippen molar-refractivity contribution < 1.29 is 13.9 Å². The molecule has 0 radical (unpaired) electrons. The van der Waals surface area contributed by atoms with Crippen molar-refractivity contribution in [3.8, 4) is 5.75 Å². The van der Waals surface area contributed by atoms with E-state index >= 15 is 0 Å². The average molecular weight is 582 g/mol. The molecule has 1 amide bonds. The van der Waals surface area contributed by atoms with E-state index in [0.717, 1.165) is 36.8 Å². The first kappa shape index (κ1) is 24.0. The van der Waals surface area contributed by atoms with Crippen LogP contribution in [0.5, 0.6) is 5.75 Å². The number of hydrogen-bond acceptors (Lipinski definition) is 4. The van der Waals surface area contributed by atoms with Crippen molar-refractivity contribution >= 4 is 55.0 Å². The molecule has 3 aromatic carbocycles. The second kappa shape index (κ2) is 10.8. The maximum absolute atomic E-state index is 12.4. The van der Waals surface area contributed by atoms with Crippen LogP contribution in [0.3, 0.4) is 0 Å². The first-order chi connectivity index (χ1) is 16.4. The lowest BCUT2D eigenvalue weighted by atomic mass is 10.1. The lowest BCUT2D eigenvalue weighted by Crippen LogP contribution is -2.16. The maximum Gasteiger partial charge on any atom is 0.307 e. The number of amides is 1. The second-order valence-electron chi connectivity index (χ2n) is 7.75. The monoisotopic (exact) mass is 580 g/mol. The maximum atomic E-state index is 12.4. The number of nitrogens with zero attached hydrogens (tertiary/aromatic N) is 1. The Hall–Kier alpha value is -3.16. The number of carbonyl (C=O) groups is 1. The zero-order chi connectivity index (χ0) is 24.1. The Kier molecular flexibility index (Phi) is 7.65. The van der Waals surface area contributed by atoms with E-state index in [1.165, 1.54) is 5.56 Å². The minimum atomic E-state index is -0.424. The summed E-state index contributed by atoms with van der Waals surface area (Å²) in [6, 6.07) is 19.3. The van der Waals surface area contributed by atoms with Gasteiger partial charge in [0.05, 0.1) is 10.7 Å². The van der Waals surface area contributed by atoms with Gasteiger partial charge in [-0.15, -0.1) is 6.58 Å². The van der Waals surface area contributed by atoms with Crippen molar-refractivity contribution in [3.63, 3.8) is 0 Å². The summed E-state index contributed by atoms with van der Waals surface area (Å²) in [5.41, 5.74) is 7.23. The molecule has 0 unspecified atom stereocenters. The number of benzene rings is 3. The Morgan fingerprint density at radius 1 is 1.12 bits per heavy atom. The van der Waals surface area contributed by atoms with E-state index in [4.69, 9.17) is 9.15 Å². The SMILES string of the molecule is C=CCc1cc(/C=N/NC(=O)c2cc3cc(Br)ccc3o2)cc(Br)c1OCc1ccc(C)cc1. The molecule has 0 atom stereocenters. The highest BCUT2D eigenvalue weighted by atomic mass is 79.9. The summed E-state index contributed by atoms with van der Waals surface area (Å²) in [4.78, 5) is 12.4. The molecule has 0 aliphatic carbocycles. The van der Waals surface area contributed by atoms with Crippen molar-refractivity contribution in [1.29, 1.82) is 0 Å². The summed E-state index contributed by atoms with van der Waals surface area (Å²) < 4.78 is 13.4. The van der Waals surface area contributed by atoms with Gasteiger partial charge < -0.3 is 9.15 Å². The molecule has 0 bridgehead atoms. The number of nitrogens with one attached hydrogen (secondary N) is 1. The van der Waals surface area contributed by atoms with Crippen LogP contribution in [0.1, 0.15) is 32.8 Å². The number of rotatable bonds is 8. The van der Waals surface area contributed by atoms with Gasteiger partial charge in [0.2, 0.25) is 0 Å². The molecule has 1 aromatic heterocycles. The smallest absolute Gasteiger partial charge is 0.307 e. The van der Waals surface area contributed by atoms with Crippen molar-refractivity contribution in [2.45, 2.75) is 20.0 Å². The minimum absolute atomic E-state index is 0.193. The number of furan rings is 1. The highest BCUT2D eigenvalue weighted by Crippen LogP contribution is 2.32. The Balaban J connectivity index is 1.46. The van der Waals surface area contributed by atoms with Gasteiger partial charge in [-0.3, -0.25) is 4.79 Å². The molecule has 0 spiro atoms. The van der Waals surface area contributed by atoms with E-state index in [0.29, 0.717) is 18.6 Å². The topological polar surface area (TPSA) is 63.8 Å². The van der Waals surface area contributed by atoms with Crippen LogP contribution in [0.15, 0.2) is 91.8 Å². The van der Waals surface area contributed by atoms with E-state index < -0.39 is 5.91 Å². The van der Waals surface area contributed by atoms with E-state index in [-0.39, 0.29) is 5.76 Å². The second-order valence-corrected chi connectivity index (χ2v) is 9.52. The number of fused-ring (bicyclic) bond motifs is 1. The quantitative estimate of drug-likeness (QED) is 0.134. The predicted molar refractivity (Wildman–Crippen MR) is 143 cm³/mol. The predicted octanol–water partition coefficient (Wildman–Crippen LogP) is 7.34. The molecular formula is C27H22Br2N2O3. The van der Waals surface area contributed by atoms with E-state index in [9.17, 15) is 4.79 Å². The molecule has 0 saturated carbocycles. The number of aryl methyl sites for hydroxylation is 1. The van der Waals surface area contributed by atoms with Gasteiger partial charge in [0.25, 0.3) is 0 Å². The minimum Gasteiger partial charge on any atom is -0.487 e. The van der Waals surface area contributed by atoms with E-state index in [2.05, 4.69) is 80.2 Å². The Morgan fingerprint density at radius 2 is 1.91 bits per heavy atom. The van der Waals surface area contributed by atoms with Crippen molar-refractivity contribution in [2.75, 3.05) is 0 Å². The van der Waals surface area contributed by atoms with Crippen LogP contribution < -0.4 is 10.2 Å². The fourth-order valence-electron chi connectivity index (χ4n) is 3.40. The van der Waals surface area contributed by atoms with Gasteiger partial charge in [-0.1, -0.05) is 51.8 Å². The van der Waals surface area contributed by atoms with Gasteiger partial charge in [-0.25, -0.2) is 5.43 Å². The van der Waals surface area contributed by atoms with Crippen LogP contribution in [0.4, 0.5) is 0 Å². The van der Waals surface area contributed by atoms with E-state index in [1.807, 2.05) is 30.3 Å². The number of halogens is 2. The Bertz CT molecular complexity index is 1370. The molecule has 0 saturated heterocycles. The van der Waals surface area contributed by atoms with Crippen LogP contribution in [0, 0.1) is 6.92 Å². The third kappa shape index (κ3) is 5.85. The fourth-order valence-corrected chi connectivity index (χ4v) is 4.42. The molecule has 34 heavy (non-hydrogen) atoms. The zero-order valence-electron chi connectivity index (χ0n) is 18.5. The largest absolute Gasteiger partial charge is 0.487 e. The molecule has 4 aromatic rings. The lowest BCUT2D eigenvalue weighted by molar-refractivity contribution is 0.0929. The lowest BCUT2D eigenvalue weighted by Gasteiger charge is -2.14. The molecule has 1 heterocycles. The number of hydrogen-bond donors (Lipinski definition) is 1. The summed E-state index contributed by atoms with van der Waals surface area (Å²) in [7, 11) is 0. The first-order valence-electron chi connectivity index (χ1n) is 10.6. The van der Waals surface area contributed by atoms with Gasteiger partial charge in [-0.2, -0.15) is 5.10 Å². The van der Waals surface area contributed by atoms with Gasteiger partial charge in [0.15, 0.2) is 5.76 Å². The van der Waals surface area contributed by atoms with Gasteiger partial charge in [-0.05, 0) is 82.4 Å². The molecule has 0 aliphatic heterocycles. The summed E-state index contributed by atoms with van der Waals surface area (Å²) in [6.45, 7) is 6.37. The summed E-state index contributed by atoms with van der Waals surface area (Å²) in [6.07, 6.45) is 4.03. The van der Waals surface area contributed by atoms with Crippen LogP contribution >= 0.6 is 31.9 Å². The molecule has 7 heteroatoms. The third-order valence-electron chi connectivity index (χ3n) is 5.09. The molecular weight excluding hydrogens is 560 g/mol. The normalized spacial score (nSPS) is 11.1. The Labute approximate surface area is 214 Å². The van der Waals surface area contributed by atoms with Crippen molar-refractivity contribution in [1.82, 2.24) is 5.43 Å². The third-order valence-corrected chi connectivity index (χ3v) is 6.18. The molecule has 0 fully saturated rings. The molecule has 5 nitrogen and oxygen atoms in total. The van der Waals surface area contributed by atoms with E-state index in [1.54, 1.807) is 18.3 Å². The van der Waals surface area contributed by atoms with Crippen molar-refractivity contribution in [2.24, 2.45) is 5.10 Å². The summed E-state index contributed by atoms with van der Waals surface area (Å²) >= 11 is 7.02. The van der Waals surface area contributed by atoms with Crippen LogP contribution in [-0.2, 0) is 13.0 Å². The summed E-state index contributed by atoms with van der Waals surface area (Å²) in [5, 5.41) is 4.93. The zero-order valence-corrected chi connectivity index (χ0v) is 21.6. The highest BCUT2D eigenvalue weighted by Gasteiger charge is 2.13. The number of allylic oxidation sites excluding steroid dienone is 1. The van der Waals surface area contributed by atoms with Gasteiger partial charge >= 0.3 is 5.91 Å². The first-order valence-corrected chi connectivity index (χ1v) is 12.2. The van der Waals surface area contributed by atoms with Gasteiger partial charge in [0, 0.05) is 9.86 Å². The number of carbonyl (C=O) groups excluding carboxylic acids is 1. The molecule has 1 N–H and O–H groups in total. The van der Waals surface area contributed by atoms with Crippen LogP contribution in [-0.4, -0.2) is 12.1 Å². The number of ether oxygens (including phenoxy) is 1. The molecule has 4 rings (SSSR count). The standard InChI is InChI=1S/C27H22Br2N2O3/c1-3-4-20-11-19(12-23(29)26(20)33-16-18-7-5-17(2)6-8-18)15-30-31-27(32)25-14-21-13-22(28)9-10-24(21)34-25/h3,5-15H,1,4,16H2,2H3,(H,31,32)/b30-15+. The van der Waals surface area contributed by atoms with Gasteiger partial charge in [0.1, 0.15) is 17.9 Å². The van der Waals surface area contributed by atoms with Crippen LogP contribution in [0.25, 0.3) is 11.0 Å². The summed E-state index contributed by atoms with van der Waals surface area (Å²) in [5.74, 6) is 0.528. The van der Waals surface area contributed by atoms with Crippen molar-refractivity contribution in [3.05, 3.63) is 110 Å². The average Bonchev–Trinajstić information content (AvgIpc) is 3.23. The fraction of sp³-hybridized carbons (Fsp3) is 0.111. The highest BCUT2D eigenvalue weighted by molar-refractivity contribution is 9.10. The number of hydrazone groups is 1.